The maximum Gasteiger partial charge on any atom is 0.332 e. The second-order valence-corrected chi connectivity index (χ2v) is 5.03. The summed E-state index contributed by atoms with van der Waals surface area (Å²) < 4.78 is 0. The van der Waals surface area contributed by atoms with Crippen LogP contribution in [-0.2, 0) is 0 Å². The minimum atomic E-state index is -0.687. The quantitative estimate of drug-likeness (QED) is 0.658. The Morgan fingerprint density at radius 3 is 2.50 bits per heavy atom. The van der Waals surface area contributed by atoms with Crippen LogP contribution in [0.4, 0.5) is 4.79 Å². The Bertz CT molecular complexity index is 718. The maximum absolute atomic E-state index is 10.9. The van der Waals surface area contributed by atoms with Gasteiger partial charge < -0.3 is 5.73 Å². The van der Waals surface area contributed by atoms with E-state index in [2.05, 4.69) is 42.6 Å². The van der Waals surface area contributed by atoms with Crippen molar-refractivity contribution in [2.75, 3.05) is 0 Å². The molecule has 0 saturated heterocycles. The Labute approximate surface area is 130 Å². The Kier molecular flexibility index (Phi) is 5.09. The number of carbonyl (C=O) groups excluding carboxylic acids is 1. The monoisotopic (exact) mass is 293 g/mol. The van der Waals surface area contributed by atoms with E-state index in [-0.39, 0.29) is 0 Å². The summed E-state index contributed by atoms with van der Waals surface area (Å²) >= 11 is 0. The number of hydrogen-bond acceptors (Lipinski definition) is 2. The highest BCUT2D eigenvalue weighted by Gasteiger charge is 2.01. The first-order valence-corrected chi connectivity index (χ1v) is 7.00. The lowest BCUT2D eigenvalue weighted by Crippen LogP contribution is -2.25. The predicted molar refractivity (Wildman–Crippen MR) is 90.6 cm³/mol. The van der Waals surface area contributed by atoms with Gasteiger partial charge in [-0.2, -0.15) is 5.10 Å². The van der Waals surface area contributed by atoms with Crippen LogP contribution in [0.3, 0.4) is 0 Å². The number of allylic oxidation sites excluding steroid dienone is 1. The van der Waals surface area contributed by atoms with Crippen molar-refractivity contribution in [2.24, 2.45) is 10.8 Å². The molecule has 0 atom stereocenters. The Morgan fingerprint density at radius 1 is 1.14 bits per heavy atom. The molecule has 0 spiro atoms. The van der Waals surface area contributed by atoms with Crippen molar-refractivity contribution < 1.29 is 4.79 Å². The Hall–Kier alpha value is -2.88. The van der Waals surface area contributed by atoms with E-state index in [1.807, 2.05) is 42.5 Å². The molecule has 112 valence electrons. The number of amides is 2. The van der Waals surface area contributed by atoms with Crippen LogP contribution >= 0.6 is 0 Å². The molecule has 4 heteroatoms. The van der Waals surface area contributed by atoms with E-state index in [1.165, 1.54) is 11.1 Å². The summed E-state index contributed by atoms with van der Waals surface area (Å²) in [5, 5.41) is 4.06. The number of benzene rings is 2. The number of hydrazone groups is 1. The molecule has 0 unspecified atom stereocenters. The molecule has 0 aliphatic carbocycles. The van der Waals surface area contributed by atoms with Gasteiger partial charge in [-0.15, -0.1) is 0 Å². The van der Waals surface area contributed by atoms with Crippen molar-refractivity contribution in [3.05, 3.63) is 76.9 Å². The highest BCUT2D eigenvalue weighted by atomic mass is 16.2. The normalized spacial score (nSPS) is 11.6. The average Bonchev–Trinajstić information content (AvgIpc) is 2.49. The lowest BCUT2D eigenvalue weighted by atomic mass is 10.0. The van der Waals surface area contributed by atoms with Crippen LogP contribution in [0, 0.1) is 13.8 Å². The van der Waals surface area contributed by atoms with Crippen LogP contribution in [0.5, 0.6) is 0 Å². The van der Waals surface area contributed by atoms with E-state index < -0.39 is 6.03 Å². The molecule has 0 fully saturated rings. The standard InChI is InChI=1S/C18H19N3O/c1-13-8-9-15(14(2)12-13)10-11-17(20-21-18(19)22)16-6-4-3-5-7-16/h3-12H,1-2H3,(H3,19,21,22). The summed E-state index contributed by atoms with van der Waals surface area (Å²) in [7, 11) is 0. The first-order chi connectivity index (χ1) is 10.6. The van der Waals surface area contributed by atoms with Crippen LogP contribution in [0.25, 0.3) is 6.08 Å². The molecule has 2 amide bonds. The summed E-state index contributed by atoms with van der Waals surface area (Å²) in [5.41, 5.74) is 12.4. The van der Waals surface area contributed by atoms with Gasteiger partial charge in [0.15, 0.2) is 0 Å². The highest BCUT2D eigenvalue weighted by Crippen LogP contribution is 2.13. The summed E-state index contributed by atoms with van der Waals surface area (Å²) in [6, 6.07) is 15.2. The number of aryl methyl sites for hydroxylation is 2. The predicted octanol–water partition coefficient (Wildman–Crippen LogP) is 3.39. The summed E-state index contributed by atoms with van der Waals surface area (Å²) in [6.45, 7) is 4.13. The molecular formula is C18H19N3O. The molecule has 2 aromatic carbocycles. The van der Waals surface area contributed by atoms with Crippen molar-refractivity contribution in [3.8, 4) is 0 Å². The fourth-order valence-electron chi connectivity index (χ4n) is 2.10. The summed E-state index contributed by atoms with van der Waals surface area (Å²) in [5.74, 6) is 0. The number of rotatable bonds is 4. The number of carbonyl (C=O) groups is 1. The number of nitrogens with two attached hydrogens (primary N) is 1. The van der Waals surface area contributed by atoms with Gasteiger partial charge in [-0.25, -0.2) is 10.2 Å². The van der Waals surface area contributed by atoms with Gasteiger partial charge in [-0.05, 0) is 31.1 Å². The molecule has 0 aliphatic rings. The fourth-order valence-corrected chi connectivity index (χ4v) is 2.10. The Balaban J connectivity index is 2.32. The molecule has 3 N–H and O–H groups in total. The number of nitrogens with zero attached hydrogens (tertiary/aromatic N) is 1. The van der Waals surface area contributed by atoms with Gasteiger partial charge in [-0.1, -0.05) is 60.2 Å². The van der Waals surface area contributed by atoms with E-state index in [0.29, 0.717) is 5.71 Å². The van der Waals surface area contributed by atoms with Gasteiger partial charge in [-0.3, -0.25) is 0 Å². The van der Waals surface area contributed by atoms with Crippen molar-refractivity contribution in [2.45, 2.75) is 13.8 Å². The van der Waals surface area contributed by atoms with Crippen LogP contribution < -0.4 is 11.2 Å². The second-order valence-electron chi connectivity index (χ2n) is 5.03. The SMILES string of the molecule is Cc1ccc(C=CC(=NNC(N)=O)c2ccccc2)c(C)c1. The molecule has 0 heterocycles. The van der Waals surface area contributed by atoms with Crippen LogP contribution in [0.1, 0.15) is 22.3 Å². The van der Waals surface area contributed by atoms with Gasteiger partial charge in [0.25, 0.3) is 0 Å². The van der Waals surface area contributed by atoms with Gasteiger partial charge in [0.2, 0.25) is 0 Å². The van der Waals surface area contributed by atoms with Crippen LogP contribution in [0.15, 0.2) is 59.7 Å². The molecule has 2 rings (SSSR count). The van der Waals surface area contributed by atoms with Gasteiger partial charge in [0.05, 0.1) is 5.71 Å². The van der Waals surface area contributed by atoms with Gasteiger partial charge in [0.1, 0.15) is 0 Å². The fraction of sp³-hybridized carbons (Fsp3) is 0.111. The maximum atomic E-state index is 10.9. The summed E-state index contributed by atoms with van der Waals surface area (Å²) in [4.78, 5) is 10.9. The van der Waals surface area contributed by atoms with E-state index >= 15 is 0 Å². The molecule has 0 radical (unpaired) electrons. The molecule has 22 heavy (non-hydrogen) atoms. The molecule has 0 bridgehead atoms. The lowest BCUT2D eigenvalue weighted by molar-refractivity contribution is 0.249. The third kappa shape index (κ3) is 4.31. The zero-order valence-corrected chi connectivity index (χ0v) is 12.7. The number of nitrogens with one attached hydrogen (secondary N) is 1. The molecule has 4 nitrogen and oxygen atoms in total. The van der Waals surface area contributed by atoms with Crippen LogP contribution in [0.2, 0.25) is 0 Å². The second kappa shape index (κ2) is 7.22. The lowest BCUT2D eigenvalue weighted by Gasteiger charge is -2.04. The molecular weight excluding hydrogens is 274 g/mol. The first-order valence-electron chi connectivity index (χ1n) is 7.00. The van der Waals surface area contributed by atoms with Gasteiger partial charge in [0, 0.05) is 5.56 Å². The van der Waals surface area contributed by atoms with Crippen molar-refractivity contribution in [3.63, 3.8) is 0 Å². The van der Waals surface area contributed by atoms with Crippen molar-refractivity contribution in [1.29, 1.82) is 0 Å². The average molecular weight is 293 g/mol. The van der Waals surface area contributed by atoms with Crippen molar-refractivity contribution in [1.82, 2.24) is 5.43 Å². The third-order valence-electron chi connectivity index (χ3n) is 3.20. The minimum Gasteiger partial charge on any atom is -0.350 e. The molecule has 2 aromatic rings. The van der Waals surface area contributed by atoms with E-state index in [1.54, 1.807) is 0 Å². The zero-order chi connectivity index (χ0) is 15.9. The largest absolute Gasteiger partial charge is 0.350 e. The zero-order valence-electron chi connectivity index (χ0n) is 12.7. The van der Waals surface area contributed by atoms with E-state index in [0.717, 1.165) is 11.1 Å². The molecule has 0 saturated carbocycles. The van der Waals surface area contributed by atoms with E-state index in [4.69, 9.17) is 5.73 Å². The molecule has 0 aliphatic heterocycles. The summed E-state index contributed by atoms with van der Waals surface area (Å²) in [6.07, 6.45) is 3.84. The van der Waals surface area contributed by atoms with Crippen LogP contribution in [-0.4, -0.2) is 11.7 Å². The topological polar surface area (TPSA) is 67.5 Å². The number of hydrogen-bond donors (Lipinski definition) is 2. The van der Waals surface area contributed by atoms with Gasteiger partial charge >= 0.3 is 6.03 Å². The number of primary amides is 1. The Morgan fingerprint density at radius 2 is 1.86 bits per heavy atom. The smallest absolute Gasteiger partial charge is 0.332 e. The van der Waals surface area contributed by atoms with Crippen molar-refractivity contribution >= 4 is 17.8 Å². The highest BCUT2D eigenvalue weighted by molar-refractivity contribution is 6.11. The minimum absolute atomic E-state index is 0.638. The molecule has 0 aromatic heterocycles. The third-order valence-corrected chi connectivity index (χ3v) is 3.20. The van der Waals surface area contributed by atoms with E-state index in [9.17, 15) is 4.79 Å². The first kappa shape index (κ1) is 15.5. The number of urea groups is 1.